The standard InChI is InChI=1S/C9H14ClNS/c1-9(2,3)11-5-7-4-8(10)12-6-7/h4,6,11H,5H2,1-3H3. The van der Waals surface area contributed by atoms with Crippen molar-refractivity contribution in [3.05, 3.63) is 21.3 Å². The first kappa shape index (κ1) is 10.0. The van der Waals surface area contributed by atoms with Crippen LogP contribution in [0.15, 0.2) is 11.4 Å². The summed E-state index contributed by atoms with van der Waals surface area (Å²) in [5.41, 5.74) is 1.44. The summed E-state index contributed by atoms with van der Waals surface area (Å²) in [5, 5.41) is 5.48. The van der Waals surface area contributed by atoms with Gasteiger partial charge in [-0.2, -0.15) is 0 Å². The highest BCUT2D eigenvalue weighted by Gasteiger charge is 2.08. The molecule has 0 amide bonds. The van der Waals surface area contributed by atoms with Gasteiger partial charge in [0, 0.05) is 12.1 Å². The summed E-state index contributed by atoms with van der Waals surface area (Å²) in [6.07, 6.45) is 0. The van der Waals surface area contributed by atoms with E-state index in [1.807, 2.05) is 6.07 Å². The van der Waals surface area contributed by atoms with Crippen LogP contribution in [0.2, 0.25) is 4.34 Å². The molecule has 0 saturated heterocycles. The number of halogens is 1. The molecule has 68 valence electrons. The number of hydrogen-bond donors (Lipinski definition) is 1. The molecule has 0 bridgehead atoms. The van der Waals surface area contributed by atoms with E-state index in [1.54, 1.807) is 11.3 Å². The van der Waals surface area contributed by atoms with Crippen LogP contribution in [0.25, 0.3) is 0 Å². The Morgan fingerprint density at radius 3 is 2.58 bits per heavy atom. The zero-order valence-corrected chi connectivity index (χ0v) is 9.22. The Kier molecular flexibility index (Phi) is 3.16. The molecular formula is C9H14ClNS. The Hall–Kier alpha value is -0.0500. The van der Waals surface area contributed by atoms with Crippen LogP contribution < -0.4 is 5.32 Å². The van der Waals surface area contributed by atoms with Gasteiger partial charge in [-0.15, -0.1) is 11.3 Å². The highest BCUT2D eigenvalue weighted by Crippen LogP contribution is 2.20. The molecule has 1 nitrogen and oxygen atoms in total. The number of thiophene rings is 1. The summed E-state index contributed by atoms with van der Waals surface area (Å²) in [7, 11) is 0. The molecule has 0 atom stereocenters. The molecule has 0 aliphatic heterocycles. The molecule has 12 heavy (non-hydrogen) atoms. The van der Waals surface area contributed by atoms with Gasteiger partial charge in [0.05, 0.1) is 4.34 Å². The van der Waals surface area contributed by atoms with Crippen molar-refractivity contribution in [3.8, 4) is 0 Å². The molecule has 1 heterocycles. The second-order valence-corrected chi connectivity index (χ2v) is 5.41. The van der Waals surface area contributed by atoms with Crippen LogP contribution in [-0.2, 0) is 6.54 Å². The van der Waals surface area contributed by atoms with Crippen molar-refractivity contribution in [1.82, 2.24) is 5.32 Å². The van der Waals surface area contributed by atoms with Gasteiger partial charge >= 0.3 is 0 Å². The predicted molar refractivity (Wildman–Crippen MR) is 55.9 cm³/mol. The van der Waals surface area contributed by atoms with E-state index in [9.17, 15) is 0 Å². The minimum atomic E-state index is 0.175. The monoisotopic (exact) mass is 203 g/mol. The summed E-state index contributed by atoms with van der Waals surface area (Å²) in [6, 6.07) is 2.00. The van der Waals surface area contributed by atoms with Crippen molar-refractivity contribution < 1.29 is 0 Å². The third-order valence-electron chi connectivity index (χ3n) is 1.44. The molecule has 1 aromatic heterocycles. The smallest absolute Gasteiger partial charge is 0.0931 e. The van der Waals surface area contributed by atoms with Gasteiger partial charge in [-0.05, 0) is 37.8 Å². The first-order valence-corrected chi connectivity index (χ1v) is 5.21. The molecule has 0 aliphatic rings. The SMILES string of the molecule is CC(C)(C)NCc1csc(Cl)c1. The van der Waals surface area contributed by atoms with Crippen molar-refractivity contribution in [2.75, 3.05) is 0 Å². The van der Waals surface area contributed by atoms with Gasteiger partial charge in [0.25, 0.3) is 0 Å². The maximum Gasteiger partial charge on any atom is 0.0931 e. The second kappa shape index (κ2) is 3.77. The van der Waals surface area contributed by atoms with Gasteiger partial charge in [0.15, 0.2) is 0 Å². The maximum atomic E-state index is 5.80. The molecule has 3 heteroatoms. The van der Waals surface area contributed by atoms with Gasteiger partial charge < -0.3 is 5.32 Å². The molecule has 0 saturated carbocycles. The fourth-order valence-corrected chi connectivity index (χ4v) is 1.71. The van der Waals surface area contributed by atoms with Gasteiger partial charge in [0.2, 0.25) is 0 Å². The molecule has 1 N–H and O–H groups in total. The van der Waals surface area contributed by atoms with E-state index >= 15 is 0 Å². The molecule has 0 fully saturated rings. The van der Waals surface area contributed by atoms with Crippen molar-refractivity contribution in [2.24, 2.45) is 0 Å². The quantitative estimate of drug-likeness (QED) is 0.778. The first-order chi connectivity index (χ1) is 5.47. The highest BCUT2D eigenvalue weighted by atomic mass is 35.5. The lowest BCUT2D eigenvalue weighted by Crippen LogP contribution is -2.34. The number of rotatable bonds is 2. The molecule has 0 radical (unpaired) electrons. The Balaban J connectivity index is 2.44. The molecule has 0 unspecified atom stereocenters. The average Bonchev–Trinajstić information content (AvgIpc) is 2.30. The number of nitrogens with one attached hydrogen (secondary N) is 1. The Morgan fingerprint density at radius 2 is 2.17 bits per heavy atom. The summed E-state index contributed by atoms with van der Waals surface area (Å²) in [5.74, 6) is 0. The van der Waals surface area contributed by atoms with E-state index in [2.05, 4.69) is 31.5 Å². The van der Waals surface area contributed by atoms with Crippen molar-refractivity contribution in [1.29, 1.82) is 0 Å². The molecular weight excluding hydrogens is 190 g/mol. The maximum absolute atomic E-state index is 5.80. The summed E-state index contributed by atoms with van der Waals surface area (Å²) in [6.45, 7) is 7.36. The van der Waals surface area contributed by atoms with Gasteiger partial charge in [-0.1, -0.05) is 11.6 Å². The lowest BCUT2D eigenvalue weighted by atomic mass is 10.1. The molecule has 0 aromatic carbocycles. The van der Waals surface area contributed by atoms with Crippen molar-refractivity contribution in [3.63, 3.8) is 0 Å². The van der Waals surface area contributed by atoms with Crippen molar-refractivity contribution >= 4 is 22.9 Å². The van der Waals surface area contributed by atoms with E-state index in [0.717, 1.165) is 10.9 Å². The average molecular weight is 204 g/mol. The normalized spacial score (nSPS) is 12.0. The van der Waals surface area contributed by atoms with Crippen LogP contribution in [0.3, 0.4) is 0 Å². The summed E-state index contributed by atoms with van der Waals surface area (Å²) < 4.78 is 0.862. The number of hydrogen-bond acceptors (Lipinski definition) is 2. The summed E-state index contributed by atoms with van der Waals surface area (Å²) >= 11 is 7.38. The Labute approximate surface area is 82.7 Å². The Morgan fingerprint density at radius 1 is 1.50 bits per heavy atom. The van der Waals surface area contributed by atoms with Crippen LogP contribution >= 0.6 is 22.9 Å². The van der Waals surface area contributed by atoms with Crippen LogP contribution in [-0.4, -0.2) is 5.54 Å². The van der Waals surface area contributed by atoms with Gasteiger partial charge in [0.1, 0.15) is 0 Å². The highest BCUT2D eigenvalue weighted by molar-refractivity contribution is 7.14. The minimum Gasteiger partial charge on any atom is -0.308 e. The zero-order valence-electron chi connectivity index (χ0n) is 7.65. The van der Waals surface area contributed by atoms with E-state index in [-0.39, 0.29) is 5.54 Å². The van der Waals surface area contributed by atoms with Crippen molar-refractivity contribution in [2.45, 2.75) is 32.9 Å². The molecule has 0 aliphatic carbocycles. The van der Waals surface area contributed by atoms with Crippen LogP contribution in [0.5, 0.6) is 0 Å². The largest absolute Gasteiger partial charge is 0.308 e. The Bertz CT molecular complexity index is 249. The zero-order chi connectivity index (χ0) is 9.19. The van der Waals surface area contributed by atoms with E-state index in [4.69, 9.17) is 11.6 Å². The van der Waals surface area contributed by atoms with Crippen LogP contribution in [0, 0.1) is 0 Å². The fraction of sp³-hybridized carbons (Fsp3) is 0.556. The lowest BCUT2D eigenvalue weighted by molar-refractivity contribution is 0.424. The minimum absolute atomic E-state index is 0.175. The fourth-order valence-electron chi connectivity index (χ4n) is 0.806. The third kappa shape index (κ3) is 3.57. The van der Waals surface area contributed by atoms with E-state index in [1.165, 1.54) is 5.56 Å². The predicted octanol–water partition coefficient (Wildman–Crippen LogP) is 3.29. The van der Waals surface area contributed by atoms with Crippen LogP contribution in [0.4, 0.5) is 0 Å². The molecule has 1 aromatic rings. The third-order valence-corrected chi connectivity index (χ3v) is 2.58. The second-order valence-electron chi connectivity index (χ2n) is 3.86. The van der Waals surface area contributed by atoms with Gasteiger partial charge in [-0.25, -0.2) is 0 Å². The first-order valence-electron chi connectivity index (χ1n) is 3.95. The summed E-state index contributed by atoms with van der Waals surface area (Å²) in [4.78, 5) is 0. The molecule has 1 rings (SSSR count). The lowest BCUT2D eigenvalue weighted by Gasteiger charge is -2.19. The van der Waals surface area contributed by atoms with Crippen LogP contribution in [0.1, 0.15) is 26.3 Å². The van der Waals surface area contributed by atoms with E-state index < -0.39 is 0 Å². The topological polar surface area (TPSA) is 12.0 Å². The van der Waals surface area contributed by atoms with E-state index in [0.29, 0.717) is 0 Å². The molecule has 0 spiro atoms. The van der Waals surface area contributed by atoms with Gasteiger partial charge in [-0.3, -0.25) is 0 Å².